The minimum atomic E-state index is 0.0266. The van der Waals surface area contributed by atoms with Gasteiger partial charge in [-0.25, -0.2) is 0 Å². The van der Waals surface area contributed by atoms with E-state index < -0.39 is 0 Å². The fourth-order valence-electron chi connectivity index (χ4n) is 1.64. The van der Waals surface area contributed by atoms with Gasteiger partial charge in [-0.1, -0.05) is 42.5 Å². The summed E-state index contributed by atoms with van der Waals surface area (Å²) >= 11 is 0. The molecule has 0 aromatic heterocycles. The third kappa shape index (κ3) is 7.34. The van der Waals surface area contributed by atoms with E-state index in [9.17, 15) is 4.79 Å². The highest BCUT2D eigenvalue weighted by Gasteiger charge is 1.91. The van der Waals surface area contributed by atoms with Crippen LogP contribution in [0.25, 0.3) is 0 Å². The SMILES string of the molecule is CC(=O)NC/C=C/CCCCc1ccccc1. The molecular formula is C15H21NO. The third-order valence-electron chi connectivity index (χ3n) is 2.56. The molecule has 1 N–H and O–H groups in total. The van der Waals surface area contributed by atoms with Crippen LogP contribution >= 0.6 is 0 Å². The molecule has 0 saturated heterocycles. The Morgan fingerprint density at radius 3 is 2.65 bits per heavy atom. The Morgan fingerprint density at radius 1 is 1.18 bits per heavy atom. The fourth-order valence-corrected chi connectivity index (χ4v) is 1.64. The first-order chi connectivity index (χ1) is 8.29. The van der Waals surface area contributed by atoms with Gasteiger partial charge in [-0.2, -0.15) is 0 Å². The zero-order chi connectivity index (χ0) is 12.3. The third-order valence-corrected chi connectivity index (χ3v) is 2.56. The van der Waals surface area contributed by atoms with Crippen molar-refractivity contribution in [3.8, 4) is 0 Å². The largest absolute Gasteiger partial charge is 0.353 e. The maximum atomic E-state index is 10.6. The standard InChI is InChI=1S/C15H21NO/c1-14(17)16-13-9-4-2-3-6-10-15-11-7-5-8-12-15/h4-5,7-9,11-12H,2-3,6,10,13H2,1H3,(H,16,17)/b9-4+. The Kier molecular flexibility index (Phi) is 6.80. The molecule has 0 aliphatic heterocycles. The minimum absolute atomic E-state index is 0.0266. The lowest BCUT2D eigenvalue weighted by Crippen LogP contribution is -2.19. The van der Waals surface area contributed by atoms with E-state index in [1.165, 1.54) is 25.3 Å². The summed E-state index contributed by atoms with van der Waals surface area (Å²) in [5.74, 6) is 0.0266. The fraction of sp³-hybridized carbons (Fsp3) is 0.400. The highest BCUT2D eigenvalue weighted by Crippen LogP contribution is 2.06. The Labute approximate surface area is 104 Å². The Morgan fingerprint density at radius 2 is 1.94 bits per heavy atom. The molecule has 1 amide bonds. The van der Waals surface area contributed by atoms with Crippen molar-refractivity contribution in [3.63, 3.8) is 0 Å². The van der Waals surface area contributed by atoms with Gasteiger partial charge < -0.3 is 5.32 Å². The summed E-state index contributed by atoms with van der Waals surface area (Å²) in [5.41, 5.74) is 1.41. The van der Waals surface area contributed by atoms with Gasteiger partial charge in [-0.05, 0) is 31.2 Å². The molecule has 0 atom stereocenters. The summed E-state index contributed by atoms with van der Waals surface area (Å²) < 4.78 is 0. The summed E-state index contributed by atoms with van der Waals surface area (Å²) in [4.78, 5) is 10.6. The highest BCUT2D eigenvalue weighted by atomic mass is 16.1. The first kappa shape index (κ1) is 13.5. The molecule has 0 spiro atoms. The number of unbranched alkanes of at least 4 members (excludes halogenated alkanes) is 2. The predicted octanol–water partition coefficient (Wildman–Crippen LogP) is 3.09. The van der Waals surface area contributed by atoms with Crippen LogP contribution in [0.2, 0.25) is 0 Å². The van der Waals surface area contributed by atoms with E-state index in [4.69, 9.17) is 0 Å². The number of carbonyl (C=O) groups excluding carboxylic acids is 1. The number of hydrogen-bond acceptors (Lipinski definition) is 1. The molecule has 0 heterocycles. The lowest BCUT2D eigenvalue weighted by Gasteiger charge is -1.99. The minimum Gasteiger partial charge on any atom is -0.353 e. The van der Waals surface area contributed by atoms with Crippen molar-refractivity contribution >= 4 is 5.91 Å². The average molecular weight is 231 g/mol. The normalized spacial score (nSPS) is 10.6. The van der Waals surface area contributed by atoms with Crippen LogP contribution in [0, 0.1) is 0 Å². The van der Waals surface area contributed by atoms with Gasteiger partial charge in [0.15, 0.2) is 0 Å². The van der Waals surface area contributed by atoms with Gasteiger partial charge in [0.05, 0.1) is 0 Å². The number of rotatable bonds is 7. The van der Waals surface area contributed by atoms with E-state index in [-0.39, 0.29) is 5.91 Å². The molecule has 0 radical (unpaired) electrons. The summed E-state index contributed by atoms with van der Waals surface area (Å²) in [6.45, 7) is 2.18. The average Bonchev–Trinajstić information content (AvgIpc) is 2.33. The van der Waals surface area contributed by atoms with Crippen molar-refractivity contribution in [1.29, 1.82) is 0 Å². The van der Waals surface area contributed by atoms with Crippen molar-refractivity contribution in [2.75, 3.05) is 6.54 Å². The van der Waals surface area contributed by atoms with Crippen LogP contribution in [-0.2, 0) is 11.2 Å². The van der Waals surface area contributed by atoms with Gasteiger partial charge in [0.2, 0.25) is 5.91 Å². The molecule has 1 aromatic rings. The molecular weight excluding hydrogens is 210 g/mol. The highest BCUT2D eigenvalue weighted by molar-refractivity contribution is 5.72. The quantitative estimate of drug-likeness (QED) is 0.567. The summed E-state index contributed by atoms with van der Waals surface area (Å²) in [6, 6.07) is 10.6. The van der Waals surface area contributed by atoms with E-state index >= 15 is 0 Å². The van der Waals surface area contributed by atoms with E-state index in [2.05, 4.69) is 35.7 Å². The van der Waals surface area contributed by atoms with E-state index in [0.29, 0.717) is 6.54 Å². The second kappa shape index (κ2) is 8.57. The summed E-state index contributed by atoms with van der Waals surface area (Å²) in [7, 11) is 0. The molecule has 2 heteroatoms. The van der Waals surface area contributed by atoms with Crippen LogP contribution in [0.5, 0.6) is 0 Å². The number of carbonyl (C=O) groups is 1. The molecule has 0 fully saturated rings. The van der Waals surface area contributed by atoms with Gasteiger partial charge in [0, 0.05) is 13.5 Å². The first-order valence-electron chi connectivity index (χ1n) is 6.22. The number of benzene rings is 1. The number of aryl methyl sites for hydroxylation is 1. The van der Waals surface area contributed by atoms with Crippen LogP contribution in [0.4, 0.5) is 0 Å². The molecule has 0 aliphatic rings. The number of allylic oxidation sites excluding steroid dienone is 1. The zero-order valence-electron chi connectivity index (χ0n) is 10.5. The molecule has 0 bridgehead atoms. The molecule has 0 aliphatic carbocycles. The number of amides is 1. The van der Waals surface area contributed by atoms with Gasteiger partial charge in [-0.3, -0.25) is 4.79 Å². The monoisotopic (exact) mass is 231 g/mol. The summed E-state index contributed by atoms with van der Waals surface area (Å²) in [6.07, 6.45) is 8.82. The van der Waals surface area contributed by atoms with Crippen LogP contribution < -0.4 is 5.32 Å². The van der Waals surface area contributed by atoms with Crippen molar-refractivity contribution in [2.24, 2.45) is 0 Å². The first-order valence-corrected chi connectivity index (χ1v) is 6.22. The van der Waals surface area contributed by atoms with Crippen molar-refractivity contribution in [1.82, 2.24) is 5.32 Å². The number of nitrogens with one attached hydrogen (secondary N) is 1. The van der Waals surface area contributed by atoms with E-state index in [0.717, 1.165) is 12.8 Å². The summed E-state index contributed by atoms with van der Waals surface area (Å²) in [5, 5.41) is 2.74. The van der Waals surface area contributed by atoms with Crippen LogP contribution in [0.1, 0.15) is 31.7 Å². The Balaban J connectivity index is 1.99. The Bertz CT molecular complexity index is 343. The second-order valence-electron chi connectivity index (χ2n) is 4.14. The van der Waals surface area contributed by atoms with Crippen LogP contribution in [0.3, 0.4) is 0 Å². The molecule has 0 saturated carbocycles. The molecule has 92 valence electrons. The van der Waals surface area contributed by atoms with Crippen LogP contribution in [-0.4, -0.2) is 12.5 Å². The lowest BCUT2D eigenvalue weighted by molar-refractivity contribution is -0.118. The topological polar surface area (TPSA) is 29.1 Å². The van der Waals surface area contributed by atoms with Gasteiger partial charge >= 0.3 is 0 Å². The van der Waals surface area contributed by atoms with Crippen molar-refractivity contribution in [3.05, 3.63) is 48.0 Å². The Hall–Kier alpha value is -1.57. The van der Waals surface area contributed by atoms with Gasteiger partial charge in [0.25, 0.3) is 0 Å². The van der Waals surface area contributed by atoms with E-state index in [1.54, 1.807) is 0 Å². The van der Waals surface area contributed by atoms with Crippen LogP contribution in [0.15, 0.2) is 42.5 Å². The van der Waals surface area contributed by atoms with E-state index in [1.807, 2.05) is 12.1 Å². The molecule has 17 heavy (non-hydrogen) atoms. The maximum absolute atomic E-state index is 10.6. The molecule has 1 rings (SSSR count). The predicted molar refractivity (Wildman–Crippen MR) is 71.8 cm³/mol. The maximum Gasteiger partial charge on any atom is 0.217 e. The van der Waals surface area contributed by atoms with Gasteiger partial charge in [0.1, 0.15) is 0 Å². The second-order valence-corrected chi connectivity index (χ2v) is 4.14. The lowest BCUT2D eigenvalue weighted by atomic mass is 10.1. The molecule has 0 unspecified atom stereocenters. The van der Waals surface area contributed by atoms with Crippen molar-refractivity contribution in [2.45, 2.75) is 32.6 Å². The molecule has 1 aromatic carbocycles. The van der Waals surface area contributed by atoms with Gasteiger partial charge in [-0.15, -0.1) is 0 Å². The van der Waals surface area contributed by atoms with Crippen molar-refractivity contribution < 1.29 is 4.79 Å². The molecule has 2 nitrogen and oxygen atoms in total. The number of hydrogen-bond donors (Lipinski definition) is 1. The smallest absolute Gasteiger partial charge is 0.217 e. The zero-order valence-corrected chi connectivity index (χ0v) is 10.5.